The number of nitrogens with zero attached hydrogens (tertiary/aromatic N) is 1. The van der Waals surface area contributed by atoms with E-state index in [0.717, 1.165) is 25.3 Å². The van der Waals surface area contributed by atoms with Crippen LogP contribution < -0.4 is 5.32 Å². The van der Waals surface area contributed by atoms with Gasteiger partial charge in [0.1, 0.15) is 5.54 Å². The van der Waals surface area contributed by atoms with Crippen LogP contribution in [0.2, 0.25) is 0 Å². The smallest absolute Gasteiger partial charge is 0.106 e. The lowest BCUT2D eigenvalue weighted by Gasteiger charge is -2.42. The molecular weight excluding hydrogens is 196 g/mol. The first-order chi connectivity index (χ1) is 7.49. The molecule has 0 spiro atoms. The Morgan fingerprint density at radius 1 is 1.31 bits per heavy atom. The van der Waals surface area contributed by atoms with Crippen molar-refractivity contribution in [1.29, 1.82) is 5.26 Å². The van der Waals surface area contributed by atoms with Gasteiger partial charge in [-0.25, -0.2) is 0 Å². The number of hydrogen-bond donors (Lipinski definition) is 1. The summed E-state index contributed by atoms with van der Waals surface area (Å²) in [4.78, 5) is 0. The van der Waals surface area contributed by atoms with Crippen molar-refractivity contribution < 1.29 is 0 Å². The molecule has 0 aliphatic heterocycles. The van der Waals surface area contributed by atoms with E-state index in [4.69, 9.17) is 0 Å². The second-order valence-electron chi connectivity index (χ2n) is 5.84. The topological polar surface area (TPSA) is 35.8 Å². The summed E-state index contributed by atoms with van der Waals surface area (Å²) in [5.41, 5.74) is 0.211. The molecule has 16 heavy (non-hydrogen) atoms. The quantitative estimate of drug-likeness (QED) is 0.790. The van der Waals surface area contributed by atoms with Gasteiger partial charge in [-0.05, 0) is 43.6 Å². The molecule has 0 atom stereocenters. The normalized spacial score (nSPS) is 31.1. The van der Waals surface area contributed by atoms with Crippen LogP contribution >= 0.6 is 0 Å². The van der Waals surface area contributed by atoms with Crippen molar-refractivity contribution >= 4 is 0 Å². The minimum absolute atomic E-state index is 0.227. The molecule has 2 heteroatoms. The molecule has 0 bridgehead atoms. The third-order valence-corrected chi connectivity index (χ3v) is 4.58. The maximum absolute atomic E-state index is 9.31. The average Bonchev–Trinajstić information content (AvgIpc) is 2.30. The van der Waals surface area contributed by atoms with Crippen molar-refractivity contribution in [2.24, 2.45) is 11.3 Å². The van der Waals surface area contributed by atoms with E-state index in [2.05, 4.69) is 39.1 Å². The summed E-state index contributed by atoms with van der Waals surface area (Å²) >= 11 is 0. The Morgan fingerprint density at radius 3 is 2.25 bits per heavy atom. The van der Waals surface area contributed by atoms with E-state index in [1.54, 1.807) is 0 Å². The highest BCUT2D eigenvalue weighted by Crippen LogP contribution is 2.43. The third kappa shape index (κ3) is 2.77. The molecule has 0 aromatic rings. The lowest BCUT2D eigenvalue weighted by molar-refractivity contribution is 0.120. The maximum Gasteiger partial charge on any atom is 0.106 e. The predicted molar refractivity (Wildman–Crippen MR) is 68.1 cm³/mol. The summed E-state index contributed by atoms with van der Waals surface area (Å²) in [5, 5.41) is 12.7. The van der Waals surface area contributed by atoms with E-state index in [0.29, 0.717) is 5.41 Å². The first-order valence-corrected chi connectivity index (χ1v) is 6.66. The fourth-order valence-electron chi connectivity index (χ4n) is 2.85. The molecular formula is C14H26N2. The lowest BCUT2D eigenvalue weighted by atomic mass is 9.66. The van der Waals surface area contributed by atoms with Crippen molar-refractivity contribution in [3.63, 3.8) is 0 Å². The van der Waals surface area contributed by atoms with Gasteiger partial charge in [-0.2, -0.15) is 5.26 Å². The molecule has 1 N–H and O–H groups in total. The van der Waals surface area contributed by atoms with E-state index in [1.807, 2.05) is 0 Å². The molecule has 1 rings (SSSR count). The van der Waals surface area contributed by atoms with Gasteiger partial charge in [-0.3, -0.25) is 5.32 Å². The second kappa shape index (κ2) is 5.19. The van der Waals surface area contributed by atoms with Crippen LogP contribution in [0.3, 0.4) is 0 Å². The molecule has 1 saturated carbocycles. The minimum atomic E-state index is -0.227. The highest BCUT2D eigenvalue weighted by Gasteiger charge is 2.39. The second-order valence-corrected chi connectivity index (χ2v) is 5.84. The Kier molecular flexibility index (Phi) is 4.38. The van der Waals surface area contributed by atoms with Crippen LogP contribution in [-0.2, 0) is 0 Å². The summed E-state index contributed by atoms with van der Waals surface area (Å²) in [6, 6.07) is 2.50. The van der Waals surface area contributed by atoms with E-state index >= 15 is 0 Å². The number of hydrogen-bond acceptors (Lipinski definition) is 2. The molecule has 0 amide bonds. The van der Waals surface area contributed by atoms with Gasteiger partial charge in [-0.15, -0.1) is 0 Å². The minimum Gasteiger partial charge on any atom is -0.300 e. The monoisotopic (exact) mass is 222 g/mol. The number of rotatable bonds is 4. The highest BCUT2D eigenvalue weighted by atomic mass is 15.0. The van der Waals surface area contributed by atoms with Gasteiger partial charge in [-0.1, -0.05) is 34.1 Å². The van der Waals surface area contributed by atoms with Crippen LogP contribution in [0.15, 0.2) is 0 Å². The molecule has 0 radical (unpaired) electrons. The number of nitriles is 1. The van der Waals surface area contributed by atoms with Crippen LogP contribution in [0.5, 0.6) is 0 Å². The standard InChI is InChI=1S/C14H26N2/c1-5-13(3,4)12-7-9-14(11-15,10-8-12)16-6-2/h12,16H,5-10H2,1-4H3. The largest absolute Gasteiger partial charge is 0.300 e. The molecule has 2 nitrogen and oxygen atoms in total. The molecule has 1 fully saturated rings. The summed E-state index contributed by atoms with van der Waals surface area (Å²) in [6.07, 6.45) is 5.66. The molecule has 1 aliphatic carbocycles. The van der Waals surface area contributed by atoms with Gasteiger partial charge in [0.25, 0.3) is 0 Å². The SMILES string of the molecule is CCNC1(C#N)CCC(C(C)(C)CC)CC1. The van der Waals surface area contributed by atoms with Crippen LogP contribution in [0.4, 0.5) is 0 Å². The molecule has 92 valence electrons. The van der Waals surface area contributed by atoms with Gasteiger partial charge in [0.05, 0.1) is 6.07 Å². The summed E-state index contributed by atoms with van der Waals surface area (Å²) in [5.74, 6) is 0.789. The molecule has 0 heterocycles. The van der Waals surface area contributed by atoms with Crippen molar-refractivity contribution in [2.75, 3.05) is 6.54 Å². The number of nitrogens with one attached hydrogen (secondary N) is 1. The van der Waals surface area contributed by atoms with Crippen molar-refractivity contribution in [2.45, 2.75) is 65.3 Å². The average molecular weight is 222 g/mol. The van der Waals surface area contributed by atoms with Crippen molar-refractivity contribution in [1.82, 2.24) is 5.32 Å². The molecule has 0 aromatic heterocycles. The van der Waals surface area contributed by atoms with Gasteiger partial charge >= 0.3 is 0 Å². The van der Waals surface area contributed by atoms with Gasteiger partial charge in [0.2, 0.25) is 0 Å². The van der Waals surface area contributed by atoms with Gasteiger partial charge in [0, 0.05) is 0 Å². The summed E-state index contributed by atoms with van der Waals surface area (Å²) in [6.45, 7) is 9.99. The fourth-order valence-corrected chi connectivity index (χ4v) is 2.85. The molecule has 0 saturated heterocycles. The zero-order chi connectivity index (χ0) is 12.2. The molecule has 1 aliphatic rings. The molecule has 0 aromatic carbocycles. The van der Waals surface area contributed by atoms with Crippen LogP contribution in [-0.4, -0.2) is 12.1 Å². The maximum atomic E-state index is 9.31. The lowest BCUT2D eigenvalue weighted by Crippen LogP contribution is -2.48. The van der Waals surface area contributed by atoms with E-state index < -0.39 is 0 Å². The van der Waals surface area contributed by atoms with Crippen molar-refractivity contribution in [3.05, 3.63) is 0 Å². The van der Waals surface area contributed by atoms with Crippen molar-refractivity contribution in [3.8, 4) is 6.07 Å². The zero-order valence-corrected chi connectivity index (χ0v) is 11.3. The van der Waals surface area contributed by atoms with E-state index in [9.17, 15) is 5.26 Å². The van der Waals surface area contributed by atoms with Gasteiger partial charge < -0.3 is 0 Å². The zero-order valence-electron chi connectivity index (χ0n) is 11.3. The van der Waals surface area contributed by atoms with E-state index in [1.165, 1.54) is 19.3 Å². The Morgan fingerprint density at radius 2 is 1.88 bits per heavy atom. The third-order valence-electron chi connectivity index (χ3n) is 4.58. The Balaban J connectivity index is 2.60. The van der Waals surface area contributed by atoms with Crippen LogP contribution in [0, 0.1) is 22.7 Å². The molecule has 0 unspecified atom stereocenters. The van der Waals surface area contributed by atoms with E-state index in [-0.39, 0.29) is 5.54 Å². The van der Waals surface area contributed by atoms with Crippen LogP contribution in [0.25, 0.3) is 0 Å². The Labute approximate surface area is 100 Å². The highest BCUT2D eigenvalue weighted by molar-refractivity contribution is 5.09. The summed E-state index contributed by atoms with van der Waals surface area (Å²) in [7, 11) is 0. The predicted octanol–water partition coefficient (Wildman–Crippen LogP) is 3.48. The first kappa shape index (κ1) is 13.5. The Bertz CT molecular complexity index is 254. The first-order valence-electron chi connectivity index (χ1n) is 6.66. The fraction of sp³-hybridized carbons (Fsp3) is 0.929. The summed E-state index contributed by atoms with van der Waals surface area (Å²) < 4.78 is 0. The van der Waals surface area contributed by atoms with Gasteiger partial charge in [0.15, 0.2) is 0 Å². The Hall–Kier alpha value is -0.550. The van der Waals surface area contributed by atoms with Crippen LogP contribution in [0.1, 0.15) is 59.8 Å².